The van der Waals surface area contributed by atoms with Crippen LogP contribution in [0, 0.1) is 0 Å². The summed E-state index contributed by atoms with van der Waals surface area (Å²) in [5.74, 6) is -1.63. The van der Waals surface area contributed by atoms with Crippen LogP contribution in [0.4, 0.5) is 5.69 Å². The minimum Gasteiger partial charge on any atom is -0.479 e. The lowest BCUT2D eigenvalue weighted by atomic mass is 9.95. The number of hydrazone groups is 1. The zero-order valence-corrected chi connectivity index (χ0v) is 13.3. The lowest BCUT2D eigenvalue weighted by molar-refractivity contribution is -0.142. The van der Waals surface area contributed by atoms with Crippen molar-refractivity contribution in [1.29, 1.82) is 0 Å². The van der Waals surface area contributed by atoms with E-state index in [0.717, 1.165) is 4.47 Å². The normalized spacial score (nSPS) is 21.1. The molecule has 0 saturated heterocycles. The van der Waals surface area contributed by atoms with Crippen molar-refractivity contribution in [3.05, 3.63) is 28.7 Å². The third-order valence-electron chi connectivity index (χ3n) is 3.24. The molecule has 0 amide bonds. The van der Waals surface area contributed by atoms with Gasteiger partial charge in [0.1, 0.15) is 5.71 Å². The van der Waals surface area contributed by atoms with Crippen LogP contribution in [0.25, 0.3) is 0 Å². The molecule has 1 heterocycles. The Bertz CT molecular complexity index is 599. The average Bonchev–Trinajstić information content (AvgIpc) is 2.80. The van der Waals surface area contributed by atoms with Crippen LogP contribution >= 0.6 is 15.9 Å². The second-order valence-electron chi connectivity index (χ2n) is 4.81. The van der Waals surface area contributed by atoms with Gasteiger partial charge in [0, 0.05) is 10.9 Å². The van der Waals surface area contributed by atoms with E-state index in [1.165, 1.54) is 11.9 Å². The molecule has 1 aliphatic heterocycles. The molecule has 1 atom stereocenters. The van der Waals surface area contributed by atoms with Crippen LogP contribution in [-0.2, 0) is 14.3 Å². The molecule has 6 nitrogen and oxygen atoms in total. The van der Waals surface area contributed by atoms with E-state index >= 15 is 0 Å². The quantitative estimate of drug-likeness (QED) is 0.840. The number of aliphatic carboxylic acids is 1. The topological polar surface area (TPSA) is 79.2 Å². The first-order valence-corrected chi connectivity index (χ1v) is 7.21. The Kier molecular flexibility index (Phi) is 4.32. The highest BCUT2D eigenvalue weighted by atomic mass is 79.9. The van der Waals surface area contributed by atoms with E-state index in [2.05, 4.69) is 21.0 Å². The number of carbonyl (C=O) groups excluding carboxylic acids is 1. The van der Waals surface area contributed by atoms with Gasteiger partial charge in [-0.1, -0.05) is 15.9 Å². The van der Waals surface area contributed by atoms with Crippen molar-refractivity contribution >= 4 is 39.3 Å². The van der Waals surface area contributed by atoms with Crippen molar-refractivity contribution in [3.63, 3.8) is 0 Å². The maximum absolute atomic E-state index is 11.8. The van der Waals surface area contributed by atoms with Gasteiger partial charge in [-0.3, -0.25) is 0 Å². The molecule has 112 valence electrons. The number of ether oxygens (including phenoxy) is 1. The average molecular weight is 355 g/mol. The van der Waals surface area contributed by atoms with Crippen molar-refractivity contribution in [2.24, 2.45) is 5.10 Å². The maximum Gasteiger partial charge on any atom is 0.354 e. The van der Waals surface area contributed by atoms with Crippen LogP contribution in [-0.4, -0.2) is 34.9 Å². The first-order chi connectivity index (χ1) is 9.88. The van der Waals surface area contributed by atoms with Gasteiger partial charge in [-0.05, 0) is 38.1 Å². The van der Waals surface area contributed by atoms with E-state index in [-0.39, 0.29) is 18.7 Å². The van der Waals surface area contributed by atoms with Gasteiger partial charge in [-0.15, -0.1) is 0 Å². The van der Waals surface area contributed by atoms with E-state index in [9.17, 15) is 14.7 Å². The Balaban J connectivity index is 2.40. The summed E-state index contributed by atoms with van der Waals surface area (Å²) >= 11 is 3.32. The molecule has 7 heteroatoms. The van der Waals surface area contributed by atoms with Gasteiger partial charge in [0.15, 0.2) is 5.54 Å². The van der Waals surface area contributed by atoms with E-state index < -0.39 is 17.5 Å². The van der Waals surface area contributed by atoms with Crippen molar-refractivity contribution in [1.82, 2.24) is 0 Å². The van der Waals surface area contributed by atoms with Gasteiger partial charge in [-0.25, -0.2) is 14.6 Å². The highest BCUT2D eigenvalue weighted by molar-refractivity contribution is 9.10. The lowest BCUT2D eigenvalue weighted by Crippen LogP contribution is -2.47. The summed E-state index contributed by atoms with van der Waals surface area (Å²) in [6.45, 7) is 3.45. The number of nitrogens with zero attached hydrogens (tertiary/aromatic N) is 2. The second-order valence-corrected chi connectivity index (χ2v) is 5.73. The van der Waals surface area contributed by atoms with E-state index in [0.29, 0.717) is 5.69 Å². The standard InChI is InChI=1S/C14H15BrN2O4/c1-3-21-12(18)11-8-14(2,13(19)20)17(16-11)10-6-4-9(15)5-7-10/h4-7H,3,8H2,1-2H3,(H,19,20)/t14-/m0/s1. The summed E-state index contributed by atoms with van der Waals surface area (Å²) in [5.41, 5.74) is -0.595. The van der Waals surface area contributed by atoms with Gasteiger partial charge in [-0.2, -0.15) is 5.10 Å². The first kappa shape index (κ1) is 15.5. The van der Waals surface area contributed by atoms with Gasteiger partial charge in [0.2, 0.25) is 0 Å². The number of halogens is 1. The fraction of sp³-hybridized carbons (Fsp3) is 0.357. The Hall–Kier alpha value is -1.89. The summed E-state index contributed by atoms with van der Waals surface area (Å²) in [6.07, 6.45) is -0.00275. The number of hydrogen-bond donors (Lipinski definition) is 1. The molecule has 21 heavy (non-hydrogen) atoms. The smallest absolute Gasteiger partial charge is 0.354 e. The molecule has 1 N–H and O–H groups in total. The third kappa shape index (κ3) is 2.92. The van der Waals surface area contributed by atoms with Crippen LogP contribution in [0.5, 0.6) is 0 Å². The fourth-order valence-corrected chi connectivity index (χ4v) is 2.35. The SMILES string of the molecule is CCOC(=O)C1=NN(c2ccc(Br)cc2)[C@](C)(C(=O)O)C1. The van der Waals surface area contributed by atoms with Crippen LogP contribution in [0.3, 0.4) is 0 Å². The molecular weight excluding hydrogens is 340 g/mol. The van der Waals surface area contributed by atoms with E-state index in [1.807, 2.05) is 0 Å². The largest absolute Gasteiger partial charge is 0.479 e. The van der Waals surface area contributed by atoms with Crippen molar-refractivity contribution in [3.8, 4) is 0 Å². The fourth-order valence-electron chi connectivity index (χ4n) is 2.09. The molecule has 1 aromatic carbocycles. The van der Waals surface area contributed by atoms with Gasteiger partial charge >= 0.3 is 11.9 Å². The molecule has 0 aromatic heterocycles. The highest BCUT2D eigenvalue weighted by Crippen LogP contribution is 2.34. The number of carbonyl (C=O) groups is 2. The summed E-state index contributed by atoms with van der Waals surface area (Å²) in [6, 6.07) is 7.05. The summed E-state index contributed by atoms with van der Waals surface area (Å²) in [7, 11) is 0. The predicted octanol–water partition coefficient (Wildman–Crippen LogP) is 2.42. The molecule has 1 aromatic rings. The van der Waals surface area contributed by atoms with Gasteiger partial charge < -0.3 is 9.84 Å². The Morgan fingerprint density at radius 1 is 1.43 bits per heavy atom. The minimum absolute atomic E-state index is 0.00275. The third-order valence-corrected chi connectivity index (χ3v) is 3.77. The van der Waals surface area contributed by atoms with Crippen LogP contribution < -0.4 is 5.01 Å². The molecule has 1 aliphatic rings. The molecule has 0 bridgehead atoms. The molecule has 0 saturated carbocycles. The molecule has 0 spiro atoms. The van der Waals surface area contributed by atoms with Gasteiger partial charge in [0.05, 0.1) is 12.3 Å². The van der Waals surface area contributed by atoms with Crippen molar-refractivity contribution < 1.29 is 19.4 Å². The molecule has 2 rings (SSSR count). The number of carboxylic acid groups (broad SMARTS) is 1. The Labute approximate surface area is 130 Å². The van der Waals surface area contributed by atoms with E-state index in [1.54, 1.807) is 31.2 Å². The molecule has 0 aliphatic carbocycles. The number of benzene rings is 1. The molecule has 0 fully saturated rings. The molecular formula is C14H15BrN2O4. The van der Waals surface area contributed by atoms with Crippen LogP contribution in [0.15, 0.2) is 33.8 Å². The van der Waals surface area contributed by atoms with Crippen molar-refractivity contribution in [2.45, 2.75) is 25.8 Å². The lowest BCUT2D eigenvalue weighted by Gasteiger charge is -2.29. The summed E-state index contributed by atoms with van der Waals surface area (Å²) in [5, 5.41) is 15.0. The van der Waals surface area contributed by atoms with Crippen LogP contribution in [0.1, 0.15) is 20.3 Å². The number of esters is 1. The second kappa shape index (κ2) is 5.85. The zero-order chi connectivity index (χ0) is 15.6. The van der Waals surface area contributed by atoms with E-state index in [4.69, 9.17) is 4.74 Å². The molecule has 0 radical (unpaired) electrons. The molecule has 0 unspecified atom stereocenters. The highest BCUT2D eigenvalue weighted by Gasteiger charge is 2.48. The van der Waals surface area contributed by atoms with Crippen molar-refractivity contribution in [2.75, 3.05) is 11.6 Å². The Morgan fingerprint density at radius 3 is 2.57 bits per heavy atom. The zero-order valence-electron chi connectivity index (χ0n) is 11.7. The number of anilines is 1. The summed E-state index contributed by atoms with van der Waals surface area (Å²) in [4.78, 5) is 23.4. The van der Waals surface area contributed by atoms with Crippen LogP contribution in [0.2, 0.25) is 0 Å². The minimum atomic E-state index is -1.31. The summed E-state index contributed by atoms with van der Waals surface area (Å²) < 4.78 is 5.78. The number of hydrogen-bond acceptors (Lipinski definition) is 5. The first-order valence-electron chi connectivity index (χ1n) is 6.42. The Morgan fingerprint density at radius 2 is 2.05 bits per heavy atom. The monoisotopic (exact) mass is 354 g/mol. The maximum atomic E-state index is 11.8. The number of rotatable bonds is 4. The predicted molar refractivity (Wildman–Crippen MR) is 81.3 cm³/mol. The van der Waals surface area contributed by atoms with Gasteiger partial charge in [0.25, 0.3) is 0 Å². The number of carboxylic acids is 1.